The summed E-state index contributed by atoms with van der Waals surface area (Å²) in [5.74, 6) is -0.0666. The van der Waals surface area contributed by atoms with Crippen LogP contribution in [0, 0.1) is 11.8 Å². The first-order chi connectivity index (χ1) is 10.5. The van der Waals surface area contributed by atoms with Crippen LogP contribution in [-0.4, -0.2) is 47.4 Å². The standard InChI is InChI=1S/C15H24N4O3/c1-15(10-5-6-10)13(21)19(14(22)18-15)8-12(20)17-11-4-2-3-9(11)7-16/h9-11H,2-8,16H2,1H3,(H,17,20)(H,18,22). The molecular formula is C15H24N4O3. The highest BCUT2D eigenvalue weighted by atomic mass is 16.2. The summed E-state index contributed by atoms with van der Waals surface area (Å²) in [7, 11) is 0. The molecule has 4 amide bonds. The molecule has 0 radical (unpaired) electrons. The van der Waals surface area contributed by atoms with Crippen LogP contribution in [0.4, 0.5) is 4.79 Å². The summed E-state index contributed by atoms with van der Waals surface area (Å²) in [5, 5.41) is 5.68. The molecule has 3 fully saturated rings. The zero-order valence-corrected chi connectivity index (χ0v) is 12.9. The third-order valence-electron chi connectivity index (χ3n) is 5.30. The molecule has 0 aromatic carbocycles. The molecule has 7 heteroatoms. The Morgan fingerprint density at radius 3 is 2.73 bits per heavy atom. The fourth-order valence-corrected chi connectivity index (χ4v) is 3.70. The minimum absolute atomic E-state index is 0.0630. The Labute approximate surface area is 130 Å². The van der Waals surface area contributed by atoms with E-state index in [0.29, 0.717) is 12.5 Å². The predicted octanol–water partition coefficient (Wildman–Crippen LogP) is -0.0495. The van der Waals surface area contributed by atoms with Gasteiger partial charge in [-0.15, -0.1) is 0 Å². The first-order valence-corrected chi connectivity index (χ1v) is 8.09. The van der Waals surface area contributed by atoms with E-state index >= 15 is 0 Å². The number of carbonyl (C=O) groups is 3. The third-order valence-corrected chi connectivity index (χ3v) is 5.30. The molecule has 1 heterocycles. The van der Waals surface area contributed by atoms with Gasteiger partial charge >= 0.3 is 6.03 Å². The van der Waals surface area contributed by atoms with Gasteiger partial charge < -0.3 is 16.4 Å². The van der Waals surface area contributed by atoms with Crippen LogP contribution in [0.5, 0.6) is 0 Å². The normalized spacial score (nSPS) is 34.9. The molecule has 0 aromatic rings. The fraction of sp³-hybridized carbons (Fsp3) is 0.800. The van der Waals surface area contributed by atoms with Gasteiger partial charge in [0.15, 0.2) is 0 Å². The fourth-order valence-electron chi connectivity index (χ4n) is 3.70. The van der Waals surface area contributed by atoms with Gasteiger partial charge in [-0.2, -0.15) is 0 Å². The average molecular weight is 308 g/mol. The minimum Gasteiger partial charge on any atom is -0.351 e. The predicted molar refractivity (Wildman–Crippen MR) is 79.7 cm³/mol. The highest BCUT2D eigenvalue weighted by molar-refractivity contribution is 6.09. The van der Waals surface area contributed by atoms with E-state index in [1.165, 1.54) is 0 Å². The van der Waals surface area contributed by atoms with Crippen molar-refractivity contribution in [3.8, 4) is 0 Å². The Morgan fingerprint density at radius 1 is 1.36 bits per heavy atom. The van der Waals surface area contributed by atoms with Crippen LogP contribution >= 0.6 is 0 Å². The van der Waals surface area contributed by atoms with Gasteiger partial charge in [-0.1, -0.05) is 6.42 Å². The zero-order valence-electron chi connectivity index (χ0n) is 12.9. The summed E-state index contributed by atoms with van der Waals surface area (Å²) in [4.78, 5) is 37.7. The van der Waals surface area contributed by atoms with Gasteiger partial charge in [-0.3, -0.25) is 14.5 Å². The van der Waals surface area contributed by atoms with E-state index in [-0.39, 0.29) is 30.3 Å². The van der Waals surface area contributed by atoms with Crippen molar-refractivity contribution in [1.82, 2.24) is 15.5 Å². The average Bonchev–Trinajstić information content (AvgIpc) is 3.21. The second-order valence-corrected chi connectivity index (χ2v) is 6.90. The lowest BCUT2D eigenvalue weighted by molar-refractivity contribution is -0.135. The first-order valence-electron chi connectivity index (χ1n) is 8.09. The van der Waals surface area contributed by atoms with Gasteiger partial charge in [0.05, 0.1) is 0 Å². The number of rotatable bonds is 5. The van der Waals surface area contributed by atoms with E-state index in [4.69, 9.17) is 5.73 Å². The molecule has 1 saturated heterocycles. The van der Waals surface area contributed by atoms with Gasteiger partial charge in [-0.05, 0) is 51.0 Å². The maximum atomic E-state index is 12.5. The van der Waals surface area contributed by atoms with Crippen molar-refractivity contribution >= 4 is 17.8 Å². The minimum atomic E-state index is -0.829. The van der Waals surface area contributed by atoms with Crippen molar-refractivity contribution in [3.63, 3.8) is 0 Å². The Hall–Kier alpha value is -1.63. The van der Waals surface area contributed by atoms with Gasteiger partial charge in [0.1, 0.15) is 12.1 Å². The molecule has 3 atom stereocenters. The largest absolute Gasteiger partial charge is 0.351 e. The molecule has 3 rings (SSSR count). The summed E-state index contributed by atoms with van der Waals surface area (Å²) < 4.78 is 0. The molecule has 1 aliphatic heterocycles. The lowest BCUT2D eigenvalue weighted by Gasteiger charge is -2.22. The van der Waals surface area contributed by atoms with E-state index in [0.717, 1.165) is 37.0 Å². The van der Waals surface area contributed by atoms with Gasteiger partial charge in [0.2, 0.25) is 5.91 Å². The van der Waals surface area contributed by atoms with Crippen LogP contribution in [0.3, 0.4) is 0 Å². The second kappa shape index (κ2) is 5.53. The topological polar surface area (TPSA) is 105 Å². The summed E-state index contributed by atoms with van der Waals surface area (Å²) in [5.41, 5.74) is 4.87. The number of nitrogens with two attached hydrogens (primary N) is 1. The molecule has 0 aromatic heterocycles. The van der Waals surface area contributed by atoms with Crippen molar-refractivity contribution in [3.05, 3.63) is 0 Å². The molecule has 0 bridgehead atoms. The second-order valence-electron chi connectivity index (χ2n) is 6.90. The van der Waals surface area contributed by atoms with Crippen LogP contribution in [0.15, 0.2) is 0 Å². The van der Waals surface area contributed by atoms with Crippen molar-refractivity contribution in [2.45, 2.75) is 50.6 Å². The van der Waals surface area contributed by atoms with E-state index in [1.54, 1.807) is 6.92 Å². The quantitative estimate of drug-likeness (QED) is 0.619. The summed E-state index contributed by atoms with van der Waals surface area (Å²) >= 11 is 0. The number of nitrogens with zero attached hydrogens (tertiary/aromatic N) is 1. The molecule has 2 saturated carbocycles. The third kappa shape index (κ3) is 2.58. The number of hydrogen-bond acceptors (Lipinski definition) is 4. The van der Waals surface area contributed by atoms with Crippen LogP contribution in [-0.2, 0) is 9.59 Å². The van der Waals surface area contributed by atoms with Crippen LogP contribution in [0.1, 0.15) is 39.0 Å². The van der Waals surface area contributed by atoms with Gasteiger partial charge in [0.25, 0.3) is 5.91 Å². The lowest BCUT2D eigenvalue weighted by atomic mass is 9.96. The maximum absolute atomic E-state index is 12.5. The Kier molecular flexibility index (Phi) is 3.84. The highest BCUT2D eigenvalue weighted by Crippen LogP contribution is 2.42. The molecule has 4 N–H and O–H groups in total. The Balaban J connectivity index is 1.59. The number of nitrogens with one attached hydrogen (secondary N) is 2. The van der Waals surface area contributed by atoms with Crippen LogP contribution in [0.2, 0.25) is 0 Å². The number of hydrogen-bond donors (Lipinski definition) is 3. The van der Waals surface area contributed by atoms with Crippen molar-refractivity contribution in [1.29, 1.82) is 0 Å². The maximum Gasteiger partial charge on any atom is 0.325 e. The van der Waals surface area contributed by atoms with Gasteiger partial charge in [0, 0.05) is 6.04 Å². The van der Waals surface area contributed by atoms with E-state index < -0.39 is 11.6 Å². The molecule has 2 aliphatic carbocycles. The molecule has 122 valence electrons. The van der Waals surface area contributed by atoms with E-state index in [1.807, 2.05) is 0 Å². The summed E-state index contributed by atoms with van der Waals surface area (Å²) in [6, 6.07) is -0.399. The number of carbonyl (C=O) groups excluding carboxylic acids is 3. The molecule has 7 nitrogen and oxygen atoms in total. The molecule has 3 aliphatic rings. The zero-order chi connectivity index (χ0) is 15.9. The van der Waals surface area contributed by atoms with E-state index in [9.17, 15) is 14.4 Å². The Bertz CT molecular complexity index is 505. The molecule has 22 heavy (non-hydrogen) atoms. The monoisotopic (exact) mass is 308 g/mol. The summed E-state index contributed by atoms with van der Waals surface area (Å²) in [6.45, 7) is 2.10. The number of urea groups is 1. The van der Waals surface area contributed by atoms with E-state index in [2.05, 4.69) is 10.6 Å². The number of amides is 4. The van der Waals surface area contributed by atoms with Crippen molar-refractivity contribution in [2.24, 2.45) is 17.6 Å². The first kappa shape index (κ1) is 15.3. The van der Waals surface area contributed by atoms with Crippen LogP contribution in [0.25, 0.3) is 0 Å². The van der Waals surface area contributed by atoms with Crippen molar-refractivity contribution in [2.75, 3.05) is 13.1 Å². The smallest absolute Gasteiger partial charge is 0.325 e. The molecule has 0 spiro atoms. The number of imide groups is 1. The van der Waals surface area contributed by atoms with Gasteiger partial charge in [-0.25, -0.2) is 4.79 Å². The van der Waals surface area contributed by atoms with Crippen LogP contribution < -0.4 is 16.4 Å². The molecule has 3 unspecified atom stereocenters. The lowest BCUT2D eigenvalue weighted by Crippen LogP contribution is -2.48. The molecular weight excluding hydrogens is 284 g/mol. The highest BCUT2D eigenvalue weighted by Gasteiger charge is 2.56. The summed E-state index contributed by atoms with van der Waals surface area (Å²) in [6.07, 6.45) is 4.87. The van der Waals surface area contributed by atoms with Crippen molar-refractivity contribution < 1.29 is 14.4 Å². The SMILES string of the molecule is CC1(C2CC2)NC(=O)N(CC(=O)NC2CCCC2CN)C1=O. The Morgan fingerprint density at radius 2 is 2.09 bits per heavy atom.